The summed E-state index contributed by atoms with van der Waals surface area (Å²) in [5.41, 5.74) is 5.61. The molecule has 0 spiro atoms. The van der Waals surface area contributed by atoms with Crippen molar-refractivity contribution in [1.82, 2.24) is 15.0 Å². The molecular weight excluding hydrogens is 727 g/mol. The van der Waals surface area contributed by atoms with Crippen LogP contribution in [0.15, 0.2) is 110 Å². The third kappa shape index (κ3) is 9.19. The van der Waals surface area contributed by atoms with Gasteiger partial charge in [-0.15, -0.1) is 36.4 Å². The zero-order chi connectivity index (χ0) is 27.3. The second kappa shape index (κ2) is 16.8. The Hall–Kier alpha value is -3.19. The molecule has 40 heavy (non-hydrogen) atoms. The van der Waals surface area contributed by atoms with Crippen LogP contribution in [0.1, 0.15) is 36.3 Å². The maximum absolute atomic E-state index is 5.23. The third-order valence-electron chi connectivity index (χ3n) is 5.59. The van der Waals surface area contributed by atoms with Crippen molar-refractivity contribution in [3.05, 3.63) is 145 Å². The first-order valence-corrected chi connectivity index (χ1v) is 13.5. The van der Waals surface area contributed by atoms with Crippen molar-refractivity contribution in [3.8, 4) is 0 Å². The molecule has 0 saturated heterocycles. The molecule has 0 bridgehead atoms. The van der Waals surface area contributed by atoms with Crippen LogP contribution in [0.4, 0.5) is 0 Å². The zero-order valence-electron chi connectivity index (χ0n) is 21.4. The summed E-state index contributed by atoms with van der Waals surface area (Å²) in [7, 11) is 0. The SMILES string of the molecule is S=C1CC=CC=C1c1[c-]cccn1.S=C1CC=CC=C1c1[c-]cccn1.S=C1CC=CC=C1c1[c-]cccn1.[Ir+3]. The number of rotatable bonds is 3. The Bertz CT molecular complexity index is 1320. The number of thiocarbonyl (C=S) groups is 3. The number of pyridine rings is 3. The van der Waals surface area contributed by atoms with Gasteiger partial charge in [0.25, 0.3) is 0 Å². The van der Waals surface area contributed by atoms with E-state index in [0.29, 0.717) is 0 Å². The van der Waals surface area contributed by atoms with E-state index in [4.69, 9.17) is 36.7 Å². The summed E-state index contributed by atoms with van der Waals surface area (Å²) < 4.78 is 0. The second-order valence-electron chi connectivity index (χ2n) is 8.30. The van der Waals surface area contributed by atoms with E-state index in [1.165, 1.54) is 0 Å². The fourth-order valence-corrected chi connectivity index (χ4v) is 4.46. The predicted molar refractivity (Wildman–Crippen MR) is 172 cm³/mol. The molecule has 0 aromatic carbocycles. The molecule has 6 rings (SSSR count). The van der Waals surface area contributed by atoms with Gasteiger partial charge in [-0.3, -0.25) is 15.0 Å². The van der Waals surface area contributed by atoms with Crippen LogP contribution < -0.4 is 0 Å². The van der Waals surface area contributed by atoms with E-state index in [9.17, 15) is 0 Å². The summed E-state index contributed by atoms with van der Waals surface area (Å²) in [6.07, 6.45) is 25.9. The molecule has 3 heterocycles. The van der Waals surface area contributed by atoms with Crippen molar-refractivity contribution in [2.24, 2.45) is 0 Å². The van der Waals surface area contributed by atoms with Gasteiger partial charge in [0.15, 0.2) is 0 Å². The van der Waals surface area contributed by atoms with Crippen LogP contribution in [0.2, 0.25) is 0 Å². The maximum Gasteiger partial charge on any atom is 3.00 e. The van der Waals surface area contributed by atoms with Crippen molar-refractivity contribution < 1.29 is 20.1 Å². The number of allylic oxidation sites excluding steroid dienone is 12. The molecule has 198 valence electrons. The van der Waals surface area contributed by atoms with Gasteiger partial charge < -0.3 is 0 Å². The van der Waals surface area contributed by atoms with Crippen LogP contribution in [0.3, 0.4) is 0 Å². The van der Waals surface area contributed by atoms with Crippen LogP contribution in [0, 0.1) is 18.2 Å². The Balaban J connectivity index is 0.000000163. The normalized spacial score (nSPS) is 15.3. The summed E-state index contributed by atoms with van der Waals surface area (Å²) in [6.45, 7) is 0. The first-order valence-electron chi connectivity index (χ1n) is 12.3. The minimum Gasteiger partial charge on any atom is -0.296 e. The van der Waals surface area contributed by atoms with Crippen LogP contribution in [-0.4, -0.2) is 29.5 Å². The summed E-state index contributed by atoms with van der Waals surface area (Å²) in [5, 5.41) is 0. The molecule has 3 nitrogen and oxygen atoms in total. The van der Waals surface area contributed by atoms with Crippen molar-refractivity contribution in [2.75, 3.05) is 0 Å². The van der Waals surface area contributed by atoms with E-state index in [0.717, 1.165) is 67.7 Å². The Labute approximate surface area is 265 Å². The Morgan fingerprint density at radius 1 is 0.500 bits per heavy atom. The van der Waals surface area contributed by atoms with Gasteiger partial charge in [-0.2, -0.15) is 36.4 Å². The van der Waals surface area contributed by atoms with E-state index in [2.05, 4.69) is 51.4 Å². The molecule has 0 saturated carbocycles. The minimum absolute atomic E-state index is 0. The number of hydrogen-bond donors (Lipinski definition) is 0. The van der Waals surface area contributed by atoms with Crippen LogP contribution in [-0.2, 0) is 20.1 Å². The monoisotopic (exact) mass is 751 g/mol. The Kier molecular flexibility index (Phi) is 13.2. The Morgan fingerprint density at radius 3 is 1.02 bits per heavy atom. The van der Waals surface area contributed by atoms with Gasteiger partial charge in [0.1, 0.15) is 0 Å². The molecule has 3 aromatic rings. The standard InChI is InChI=1S/3C11H8NS.Ir/c3*13-11-7-2-1-5-9(11)10-6-3-4-8-12-10;/h3*1-5,8H,7H2;/q3*-1;+3. The molecule has 0 N–H and O–H groups in total. The first-order chi connectivity index (χ1) is 19.1. The Morgan fingerprint density at radius 2 is 0.800 bits per heavy atom. The quantitative estimate of drug-likeness (QED) is 0.201. The maximum atomic E-state index is 5.23. The van der Waals surface area contributed by atoms with E-state index in [-0.39, 0.29) is 20.1 Å². The van der Waals surface area contributed by atoms with Crippen molar-refractivity contribution in [2.45, 2.75) is 19.3 Å². The van der Waals surface area contributed by atoms with Crippen molar-refractivity contribution in [3.63, 3.8) is 0 Å². The van der Waals surface area contributed by atoms with Crippen LogP contribution in [0.5, 0.6) is 0 Å². The molecule has 0 unspecified atom stereocenters. The van der Waals surface area contributed by atoms with Crippen molar-refractivity contribution in [1.29, 1.82) is 0 Å². The fourth-order valence-electron chi connectivity index (χ4n) is 3.68. The predicted octanol–water partition coefficient (Wildman–Crippen LogP) is 7.78. The third-order valence-corrected chi connectivity index (χ3v) is 6.75. The van der Waals surface area contributed by atoms with Gasteiger partial charge in [-0.25, -0.2) is 0 Å². The van der Waals surface area contributed by atoms with Gasteiger partial charge in [0.2, 0.25) is 0 Å². The van der Waals surface area contributed by atoms with Crippen LogP contribution >= 0.6 is 36.7 Å². The summed E-state index contributed by atoms with van der Waals surface area (Å²) in [6, 6.07) is 20.3. The van der Waals surface area contributed by atoms with Crippen LogP contribution in [0.25, 0.3) is 16.7 Å². The largest absolute Gasteiger partial charge is 3.00 e. The molecule has 3 aliphatic rings. The van der Waals surface area contributed by atoms with Gasteiger partial charge in [0, 0.05) is 0 Å². The topological polar surface area (TPSA) is 38.7 Å². The number of hydrogen-bond acceptors (Lipinski definition) is 6. The van der Waals surface area contributed by atoms with Crippen molar-refractivity contribution >= 4 is 68.0 Å². The van der Waals surface area contributed by atoms with E-state index < -0.39 is 0 Å². The summed E-state index contributed by atoms with van der Waals surface area (Å²) in [5.74, 6) is 0. The number of aromatic nitrogens is 3. The summed E-state index contributed by atoms with van der Waals surface area (Å²) >= 11 is 15.7. The van der Waals surface area contributed by atoms with Gasteiger partial charge in [-0.1, -0.05) is 89.8 Å². The number of nitrogens with zero attached hydrogens (tertiary/aromatic N) is 3. The molecule has 0 atom stereocenters. The van der Waals surface area contributed by atoms with Gasteiger partial charge in [0.05, 0.1) is 0 Å². The van der Waals surface area contributed by atoms with E-state index >= 15 is 0 Å². The molecule has 0 fully saturated rings. The first kappa shape index (κ1) is 31.3. The van der Waals surface area contributed by atoms with E-state index in [1.54, 1.807) is 18.6 Å². The molecular formula is C33H24IrN3S3. The van der Waals surface area contributed by atoms with E-state index in [1.807, 2.05) is 72.9 Å². The minimum atomic E-state index is 0. The molecule has 0 aliphatic heterocycles. The van der Waals surface area contributed by atoms with Gasteiger partial charge >= 0.3 is 20.1 Å². The zero-order valence-corrected chi connectivity index (χ0v) is 26.3. The fraction of sp³-hybridized carbons (Fsp3) is 0.0909. The second-order valence-corrected chi connectivity index (χ2v) is 9.78. The molecule has 0 amide bonds. The average Bonchev–Trinajstić information content (AvgIpc) is 3.00. The molecule has 0 radical (unpaired) electrons. The molecule has 3 aromatic heterocycles. The average molecular weight is 751 g/mol. The van der Waals surface area contributed by atoms with Gasteiger partial charge in [-0.05, 0) is 69.5 Å². The summed E-state index contributed by atoms with van der Waals surface area (Å²) in [4.78, 5) is 15.4. The molecule has 3 aliphatic carbocycles. The molecule has 7 heteroatoms. The smallest absolute Gasteiger partial charge is 0.296 e.